The lowest BCUT2D eigenvalue weighted by Crippen LogP contribution is -1.98. The van der Waals surface area contributed by atoms with Crippen LogP contribution in [0, 0.1) is 5.82 Å². The number of hydrogen-bond donors (Lipinski definition) is 2. The number of hydrogen-bond acceptors (Lipinski definition) is 5. The molecule has 0 bridgehead atoms. The van der Waals surface area contributed by atoms with Crippen LogP contribution < -0.4 is 11.1 Å². The highest BCUT2D eigenvalue weighted by molar-refractivity contribution is 7.99. The van der Waals surface area contributed by atoms with E-state index in [1.165, 1.54) is 30.2 Å². The number of nitrogen functional groups attached to an aromatic ring is 1. The van der Waals surface area contributed by atoms with Gasteiger partial charge in [0.2, 0.25) is 0 Å². The predicted octanol–water partition coefficient (Wildman–Crippen LogP) is 4.81. The number of benzene rings is 2. The van der Waals surface area contributed by atoms with Crippen molar-refractivity contribution in [1.29, 1.82) is 0 Å². The third-order valence-electron chi connectivity index (χ3n) is 3.28. The van der Waals surface area contributed by atoms with Gasteiger partial charge in [0.1, 0.15) is 18.0 Å². The molecule has 0 aliphatic carbocycles. The number of alkyl halides is 1. The minimum absolute atomic E-state index is 0.0165. The zero-order valence-electron chi connectivity index (χ0n) is 12.4. The highest BCUT2D eigenvalue weighted by Crippen LogP contribution is 2.32. The summed E-state index contributed by atoms with van der Waals surface area (Å²) in [6.45, 7) is -0.427. The molecule has 0 fully saturated rings. The zero-order chi connectivity index (χ0) is 17.1. The lowest BCUT2D eigenvalue weighted by atomic mass is 10.2. The SMILES string of the molecule is Nc1cc2c(Nc3ccc(F)c(Cl)c3)ncnc2cc1SCCF. The Kier molecular flexibility index (Phi) is 5.01. The quantitative estimate of drug-likeness (QED) is 0.501. The minimum atomic E-state index is -0.492. The molecule has 3 aromatic rings. The van der Waals surface area contributed by atoms with E-state index in [9.17, 15) is 8.78 Å². The molecule has 0 unspecified atom stereocenters. The van der Waals surface area contributed by atoms with E-state index in [0.29, 0.717) is 33.8 Å². The van der Waals surface area contributed by atoms with Gasteiger partial charge in [0.05, 0.1) is 17.2 Å². The maximum absolute atomic E-state index is 13.3. The monoisotopic (exact) mass is 366 g/mol. The third kappa shape index (κ3) is 3.52. The Morgan fingerprint density at radius 3 is 2.79 bits per heavy atom. The smallest absolute Gasteiger partial charge is 0.141 e. The first kappa shape index (κ1) is 16.7. The number of nitrogens with zero attached hydrogens (tertiary/aromatic N) is 2. The first-order valence-electron chi connectivity index (χ1n) is 7.03. The van der Waals surface area contributed by atoms with Gasteiger partial charge in [0.25, 0.3) is 0 Å². The molecule has 0 saturated carbocycles. The molecule has 2 aromatic carbocycles. The first-order valence-corrected chi connectivity index (χ1v) is 8.40. The average molecular weight is 367 g/mol. The summed E-state index contributed by atoms with van der Waals surface area (Å²) in [7, 11) is 0. The second kappa shape index (κ2) is 7.19. The summed E-state index contributed by atoms with van der Waals surface area (Å²) in [5.74, 6) is 0.366. The van der Waals surface area contributed by atoms with E-state index in [1.807, 2.05) is 0 Å². The number of halogens is 3. The molecule has 8 heteroatoms. The van der Waals surface area contributed by atoms with Crippen LogP contribution in [0.2, 0.25) is 5.02 Å². The molecule has 0 spiro atoms. The van der Waals surface area contributed by atoms with Crippen LogP contribution in [-0.4, -0.2) is 22.4 Å². The van der Waals surface area contributed by atoms with Crippen molar-refractivity contribution in [1.82, 2.24) is 9.97 Å². The Hall–Kier alpha value is -2.12. The van der Waals surface area contributed by atoms with E-state index in [0.717, 1.165) is 4.90 Å². The number of anilines is 3. The Morgan fingerprint density at radius 2 is 2.04 bits per heavy atom. The number of aromatic nitrogens is 2. The highest BCUT2D eigenvalue weighted by Gasteiger charge is 2.10. The van der Waals surface area contributed by atoms with Gasteiger partial charge in [0.15, 0.2) is 0 Å². The maximum atomic E-state index is 13.3. The van der Waals surface area contributed by atoms with Crippen molar-refractivity contribution in [2.24, 2.45) is 0 Å². The number of fused-ring (bicyclic) bond motifs is 1. The van der Waals surface area contributed by atoms with Gasteiger partial charge < -0.3 is 11.1 Å². The molecule has 0 atom stereocenters. The van der Waals surface area contributed by atoms with E-state index in [2.05, 4.69) is 15.3 Å². The largest absolute Gasteiger partial charge is 0.398 e. The Balaban J connectivity index is 1.99. The van der Waals surface area contributed by atoms with Crippen LogP contribution in [-0.2, 0) is 0 Å². The van der Waals surface area contributed by atoms with Crippen LogP contribution in [0.3, 0.4) is 0 Å². The summed E-state index contributed by atoms with van der Waals surface area (Å²) in [5.41, 5.74) is 7.83. The summed E-state index contributed by atoms with van der Waals surface area (Å²) in [6.07, 6.45) is 1.41. The lowest BCUT2D eigenvalue weighted by Gasteiger charge is -2.11. The van der Waals surface area contributed by atoms with Crippen LogP contribution in [0.4, 0.5) is 26.0 Å². The summed E-state index contributed by atoms with van der Waals surface area (Å²) >= 11 is 7.13. The van der Waals surface area contributed by atoms with Crippen LogP contribution in [0.25, 0.3) is 10.9 Å². The van der Waals surface area contributed by atoms with Gasteiger partial charge in [-0.3, -0.25) is 4.39 Å². The average Bonchev–Trinajstić information content (AvgIpc) is 2.57. The van der Waals surface area contributed by atoms with Crippen LogP contribution in [0.15, 0.2) is 41.6 Å². The van der Waals surface area contributed by atoms with Gasteiger partial charge in [0, 0.05) is 27.4 Å². The predicted molar refractivity (Wildman–Crippen MR) is 95.3 cm³/mol. The van der Waals surface area contributed by atoms with Crippen molar-refractivity contribution in [2.75, 3.05) is 23.5 Å². The van der Waals surface area contributed by atoms with Gasteiger partial charge in [-0.25, -0.2) is 14.4 Å². The summed E-state index contributed by atoms with van der Waals surface area (Å²) in [6, 6.07) is 7.84. The molecule has 0 radical (unpaired) electrons. The third-order valence-corrected chi connectivity index (χ3v) is 4.60. The van der Waals surface area contributed by atoms with Crippen molar-refractivity contribution in [3.63, 3.8) is 0 Å². The topological polar surface area (TPSA) is 63.8 Å². The molecule has 3 N–H and O–H groups in total. The summed E-state index contributed by atoms with van der Waals surface area (Å²) in [5, 5.41) is 3.81. The van der Waals surface area contributed by atoms with Crippen LogP contribution in [0.5, 0.6) is 0 Å². The van der Waals surface area contributed by atoms with Crippen molar-refractivity contribution >= 4 is 51.5 Å². The molecule has 0 aliphatic heterocycles. The summed E-state index contributed by atoms with van der Waals surface area (Å²) in [4.78, 5) is 9.20. The van der Waals surface area contributed by atoms with Crippen molar-refractivity contribution in [2.45, 2.75) is 4.90 Å². The lowest BCUT2D eigenvalue weighted by molar-refractivity contribution is 0.533. The number of rotatable bonds is 5. The maximum Gasteiger partial charge on any atom is 0.141 e. The molecule has 124 valence electrons. The van der Waals surface area contributed by atoms with E-state index in [4.69, 9.17) is 17.3 Å². The van der Waals surface area contributed by atoms with E-state index >= 15 is 0 Å². The molecular weight excluding hydrogens is 354 g/mol. The van der Waals surface area contributed by atoms with Crippen LogP contribution >= 0.6 is 23.4 Å². The standard InChI is InChI=1S/C16H13ClF2N4S/c17-11-5-9(1-2-12(11)19)23-16-10-6-13(20)15(24-4-3-18)7-14(10)21-8-22-16/h1-2,5-8H,3-4,20H2,(H,21,22,23). The van der Waals surface area contributed by atoms with Crippen molar-refractivity contribution < 1.29 is 8.78 Å². The van der Waals surface area contributed by atoms with Crippen molar-refractivity contribution in [3.05, 3.63) is 47.5 Å². The first-order chi connectivity index (χ1) is 11.6. The molecule has 0 aliphatic rings. The van der Waals surface area contributed by atoms with Gasteiger partial charge >= 0.3 is 0 Å². The Bertz CT molecular complexity index is 891. The minimum Gasteiger partial charge on any atom is -0.398 e. The molecular formula is C16H13ClF2N4S. The molecule has 0 amide bonds. The Labute approximate surface area is 146 Å². The van der Waals surface area contributed by atoms with E-state index in [1.54, 1.807) is 18.2 Å². The fourth-order valence-electron chi connectivity index (χ4n) is 2.18. The van der Waals surface area contributed by atoms with Gasteiger partial charge in [-0.05, 0) is 30.3 Å². The van der Waals surface area contributed by atoms with Gasteiger partial charge in [-0.1, -0.05) is 11.6 Å². The fraction of sp³-hybridized carbons (Fsp3) is 0.125. The molecule has 1 heterocycles. The molecule has 1 aromatic heterocycles. The second-order valence-corrected chi connectivity index (χ2v) is 6.46. The Morgan fingerprint density at radius 1 is 1.21 bits per heavy atom. The number of nitrogens with two attached hydrogens (primary N) is 1. The van der Waals surface area contributed by atoms with E-state index < -0.39 is 12.5 Å². The van der Waals surface area contributed by atoms with E-state index in [-0.39, 0.29) is 5.02 Å². The fourth-order valence-corrected chi connectivity index (χ4v) is 3.08. The molecule has 3 rings (SSSR count). The second-order valence-electron chi connectivity index (χ2n) is 4.92. The molecule has 0 saturated heterocycles. The van der Waals surface area contributed by atoms with Gasteiger partial charge in [-0.15, -0.1) is 11.8 Å². The van der Waals surface area contributed by atoms with Gasteiger partial charge in [-0.2, -0.15) is 0 Å². The number of nitrogens with one attached hydrogen (secondary N) is 1. The van der Waals surface area contributed by atoms with Crippen LogP contribution in [0.1, 0.15) is 0 Å². The molecule has 24 heavy (non-hydrogen) atoms. The highest BCUT2D eigenvalue weighted by atomic mass is 35.5. The summed E-state index contributed by atoms with van der Waals surface area (Å²) < 4.78 is 25.6. The molecule has 4 nitrogen and oxygen atoms in total. The van der Waals surface area contributed by atoms with Crippen molar-refractivity contribution in [3.8, 4) is 0 Å². The zero-order valence-corrected chi connectivity index (χ0v) is 14.0. The normalized spacial score (nSPS) is 11.0. The number of thioether (sulfide) groups is 1.